The molecule has 1 aromatic rings. The highest BCUT2D eigenvalue weighted by molar-refractivity contribution is 5.79. The summed E-state index contributed by atoms with van der Waals surface area (Å²) in [6.45, 7) is 3.95. The Kier molecular flexibility index (Phi) is 6.03. The van der Waals surface area contributed by atoms with Crippen LogP contribution in [0.1, 0.15) is 25.8 Å². The van der Waals surface area contributed by atoms with E-state index in [1.807, 2.05) is 44.2 Å². The Morgan fingerprint density at radius 2 is 1.75 bits per heavy atom. The third-order valence-electron chi connectivity index (χ3n) is 3.09. The molecule has 1 rings (SSSR count). The molecule has 5 nitrogen and oxygen atoms in total. The third-order valence-corrected chi connectivity index (χ3v) is 3.09. The largest absolute Gasteiger partial charge is 0.480 e. The summed E-state index contributed by atoms with van der Waals surface area (Å²) >= 11 is 0. The summed E-state index contributed by atoms with van der Waals surface area (Å²) in [6, 6.07) is 8.46. The molecule has 1 atom stereocenters. The quantitative estimate of drug-likeness (QED) is 0.804. The van der Waals surface area contributed by atoms with E-state index in [0.717, 1.165) is 10.5 Å². The van der Waals surface area contributed by atoms with Gasteiger partial charge in [-0.15, -0.1) is 0 Å². The van der Waals surface area contributed by atoms with Crippen LogP contribution in [0.3, 0.4) is 0 Å². The van der Waals surface area contributed by atoms with Crippen molar-refractivity contribution in [2.24, 2.45) is 5.92 Å². The zero-order valence-electron chi connectivity index (χ0n) is 11.8. The van der Waals surface area contributed by atoms with Crippen LogP contribution >= 0.6 is 0 Å². The average molecular weight is 279 g/mol. The average Bonchev–Trinajstić information content (AvgIpc) is 2.38. The number of aliphatic carboxylic acids is 1. The fourth-order valence-electron chi connectivity index (χ4n) is 2.09. The van der Waals surface area contributed by atoms with Gasteiger partial charge in [-0.25, -0.2) is 9.59 Å². The molecule has 0 aromatic heterocycles. The zero-order valence-corrected chi connectivity index (χ0v) is 11.8. The highest BCUT2D eigenvalue weighted by Crippen LogP contribution is 2.14. The van der Waals surface area contributed by atoms with Crippen LogP contribution in [0, 0.1) is 5.92 Å². The molecule has 0 aliphatic carbocycles. The van der Waals surface area contributed by atoms with Crippen molar-refractivity contribution >= 4 is 12.1 Å². The summed E-state index contributed by atoms with van der Waals surface area (Å²) in [7, 11) is 0. The van der Waals surface area contributed by atoms with Crippen LogP contribution in [0.5, 0.6) is 0 Å². The van der Waals surface area contributed by atoms with E-state index >= 15 is 0 Å². The van der Waals surface area contributed by atoms with Crippen LogP contribution in [0.15, 0.2) is 30.3 Å². The van der Waals surface area contributed by atoms with Crippen molar-refractivity contribution in [3.8, 4) is 0 Å². The van der Waals surface area contributed by atoms with Crippen LogP contribution in [-0.2, 0) is 11.2 Å². The first-order chi connectivity index (χ1) is 9.41. The normalized spacial score (nSPS) is 12.2. The molecule has 0 fully saturated rings. The predicted octanol–water partition coefficient (Wildman–Crippen LogP) is 2.71. The van der Waals surface area contributed by atoms with Crippen molar-refractivity contribution in [2.45, 2.75) is 32.7 Å². The van der Waals surface area contributed by atoms with Crippen molar-refractivity contribution in [3.05, 3.63) is 35.9 Å². The highest BCUT2D eigenvalue weighted by atomic mass is 16.4. The predicted molar refractivity (Wildman–Crippen MR) is 75.8 cm³/mol. The second kappa shape index (κ2) is 7.53. The first-order valence-corrected chi connectivity index (χ1v) is 6.68. The molecule has 5 heteroatoms. The molecule has 0 saturated carbocycles. The molecule has 0 spiro atoms. The van der Waals surface area contributed by atoms with Gasteiger partial charge >= 0.3 is 12.1 Å². The van der Waals surface area contributed by atoms with Crippen LogP contribution in [0.25, 0.3) is 0 Å². The van der Waals surface area contributed by atoms with E-state index in [-0.39, 0.29) is 12.5 Å². The SMILES string of the molecule is CC(C)CC(C(=O)O)N(CCc1ccccc1)C(=O)O. The van der Waals surface area contributed by atoms with Gasteiger partial charge in [-0.3, -0.25) is 4.90 Å². The van der Waals surface area contributed by atoms with Gasteiger partial charge < -0.3 is 10.2 Å². The maximum atomic E-state index is 11.3. The molecular weight excluding hydrogens is 258 g/mol. The fourth-order valence-corrected chi connectivity index (χ4v) is 2.09. The number of rotatable bonds is 7. The standard InChI is InChI=1S/C15H21NO4/c1-11(2)10-13(14(17)18)16(15(19)20)9-8-12-6-4-3-5-7-12/h3-7,11,13H,8-10H2,1-2H3,(H,17,18)(H,19,20). The van der Waals surface area contributed by atoms with Gasteiger partial charge in [0, 0.05) is 6.54 Å². The Labute approximate surface area is 118 Å². The van der Waals surface area contributed by atoms with E-state index in [2.05, 4.69) is 0 Å². The first-order valence-electron chi connectivity index (χ1n) is 6.68. The summed E-state index contributed by atoms with van der Waals surface area (Å²) in [4.78, 5) is 23.6. The van der Waals surface area contributed by atoms with Gasteiger partial charge in [-0.1, -0.05) is 44.2 Å². The number of benzene rings is 1. The molecule has 1 amide bonds. The summed E-state index contributed by atoms with van der Waals surface area (Å²) in [5.74, 6) is -0.969. The third kappa shape index (κ3) is 4.91. The Bertz CT molecular complexity index is 444. The van der Waals surface area contributed by atoms with E-state index < -0.39 is 18.1 Å². The number of carboxylic acid groups (broad SMARTS) is 2. The minimum Gasteiger partial charge on any atom is -0.480 e. The van der Waals surface area contributed by atoms with E-state index in [0.29, 0.717) is 12.8 Å². The number of amides is 1. The molecule has 0 heterocycles. The summed E-state index contributed by atoms with van der Waals surface area (Å²) in [6.07, 6.45) is -0.361. The lowest BCUT2D eigenvalue weighted by Gasteiger charge is -2.27. The summed E-state index contributed by atoms with van der Waals surface area (Å²) in [5.41, 5.74) is 0.993. The van der Waals surface area contributed by atoms with Crippen molar-refractivity contribution in [1.82, 2.24) is 4.90 Å². The van der Waals surface area contributed by atoms with Gasteiger partial charge in [-0.05, 0) is 24.3 Å². The highest BCUT2D eigenvalue weighted by Gasteiger charge is 2.29. The lowest BCUT2D eigenvalue weighted by molar-refractivity contribution is -0.143. The van der Waals surface area contributed by atoms with Crippen LogP contribution < -0.4 is 0 Å². The molecule has 110 valence electrons. The second-order valence-electron chi connectivity index (χ2n) is 5.20. The van der Waals surface area contributed by atoms with Gasteiger partial charge in [0.05, 0.1) is 0 Å². The minimum absolute atomic E-state index is 0.120. The summed E-state index contributed by atoms with van der Waals surface area (Å²) in [5, 5.41) is 18.5. The molecular formula is C15H21NO4. The molecule has 0 saturated heterocycles. The van der Waals surface area contributed by atoms with Gasteiger partial charge in [-0.2, -0.15) is 0 Å². The van der Waals surface area contributed by atoms with Crippen LogP contribution in [0.4, 0.5) is 4.79 Å². The van der Waals surface area contributed by atoms with Crippen molar-refractivity contribution in [1.29, 1.82) is 0 Å². The first kappa shape index (κ1) is 16.0. The molecule has 0 aliphatic heterocycles. The second-order valence-corrected chi connectivity index (χ2v) is 5.20. The van der Waals surface area contributed by atoms with Crippen LogP contribution in [-0.4, -0.2) is 39.8 Å². The van der Waals surface area contributed by atoms with Crippen LogP contribution in [0.2, 0.25) is 0 Å². The van der Waals surface area contributed by atoms with Crippen molar-refractivity contribution in [2.75, 3.05) is 6.54 Å². The van der Waals surface area contributed by atoms with E-state index in [4.69, 9.17) is 0 Å². The van der Waals surface area contributed by atoms with Gasteiger partial charge in [0.25, 0.3) is 0 Å². The monoisotopic (exact) mass is 279 g/mol. The Morgan fingerprint density at radius 1 is 1.15 bits per heavy atom. The lowest BCUT2D eigenvalue weighted by Crippen LogP contribution is -2.46. The van der Waals surface area contributed by atoms with E-state index in [1.165, 1.54) is 0 Å². The number of hydrogen-bond acceptors (Lipinski definition) is 2. The lowest BCUT2D eigenvalue weighted by atomic mass is 10.0. The van der Waals surface area contributed by atoms with Crippen molar-refractivity contribution < 1.29 is 19.8 Å². The number of nitrogens with zero attached hydrogens (tertiary/aromatic N) is 1. The smallest absolute Gasteiger partial charge is 0.408 e. The molecule has 0 bridgehead atoms. The van der Waals surface area contributed by atoms with E-state index in [9.17, 15) is 19.8 Å². The Morgan fingerprint density at radius 3 is 2.20 bits per heavy atom. The van der Waals surface area contributed by atoms with Gasteiger partial charge in [0.1, 0.15) is 6.04 Å². The zero-order chi connectivity index (χ0) is 15.1. The van der Waals surface area contributed by atoms with E-state index in [1.54, 1.807) is 0 Å². The number of carbonyl (C=O) groups is 2. The minimum atomic E-state index is -1.19. The molecule has 0 radical (unpaired) electrons. The number of carboxylic acids is 1. The molecule has 1 aromatic carbocycles. The van der Waals surface area contributed by atoms with Crippen molar-refractivity contribution in [3.63, 3.8) is 0 Å². The molecule has 20 heavy (non-hydrogen) atoms. The topological polar surface area (TPSA) is 77.8 Å². The van der Waals surface area contributed by atoms with Gasteiger partial charge in [0.15, 0.2) is 0 Å². The maximum absolute atomic E-state index is 11.3. The Balaban J connectivity index is 2.76. The maximum Gasteiger partial charge on any atom is 0.408 e. The molecule has 1 unspecified atom stereocenters. The fraction of sp³-hybridized carbons (Fsp3) is 0.467. The number of hydrogen-bond donors (Lipinski definition) is 2. The van der Waals surface area contributed by atoms with Gasteiger partial charge in [0.2, 0.25) is 0 Å². The Hall–Kier alpha value is -2.04. The molecule has 0 aliphatic rings. The summed E-state index contributed by atoms with van der Waals surface area (Å²) < 4.78 is 0. The molecule has 2 N–H and O–H groups in total.